The Balaban J connectivity index is -0.0000000800. The number of hydrogen-bond donors (Lipinski definition) is 0. The van der Waals surface area contributed by atoms with Gasteiger partial charge < -0.3 is 19.2 Å². The fraction of sp³-hybridized carbons (Fsp3) is 0. The quantitative estimate of drug-likeness (QED) is 0.257. The largest absolute Gasteiger partial charge is 1.00 e. The summed E-state index contributed by atoms with van der Waals surface area (Å²) in [4.78, 5) is 25.6. The molecule has 0 bridgehead atoms. The van der Waals surface area contributed by atoms with Gasteiger partial charge in [-0.1, -0.05) is 0 Å². The fourth-order valence-corrected chi connectivity index (χ4v) is 0. The Bertz CT molecular complexity index is 57.8. The summed E-state index contributed by atoms with van der Waals surface area (Å²) in [5, 5.41) is 0. The van der Waals surface area contributed by atoms with Gasteiger partial charge in [0.1, 0.15) is 0 Å². The summed E-state index contributed by atoms with van der Waals surface area (Å²) in [7, 11) is -5.39. The summed E-state index contributed by atoms with van der Waals surface area (Å²) in [5.41, 5.74) is 0. The molecule has 0 heterocycles. The van der Waals surface area contributed by atoms with Gasteiger partial charge >= 0.3 is 29.6 Å². The van der Waals surface area contributed by atoms with E-state index in [4.69, 9.17) is 19.2 Å². The number of phosphoric acid groups is 1. The van der Waals surface area contributed by atoms with Crippen molar-refractivity contribution in [1.82, 2.24) is 0 Å². The molecule has 0 rings (SSSR count). The maximum absolute atomic E-state index is 8.55. The van der Waals surface area contributed by atoms with Crippen LogP contribution in [0.15, 0.2) is 0 Å². The molecule has 0 spiro atoms. The van der Waals surface area contributed by atoms with Crippen LogP contribution in [0.5, 0.6) is 0 Å². The van der Waals surface area contributed by atoms with Gasteiger partial charge in [0.15, 0.2) is 0 Å². The normalized spacial score (nSPS) is 8.43. The molecule has 0 amide bonds. The first-order valence-electron chi connectivity index (χ1n) is 0.730. The number of rotatable bonds is 0. The predicted octanol–water partition coefficient (Wildman–Crippen LogP) is -5.40. The van der Waals surface area contributed by atoms with Crippen LogP contribution in [0.1, 0.15) is 0 Å². The minimum absolute atomic E-state index is 0. The van der Waals surface area contributed by atoms with Gasteiger partial charge in [0.2, 0.25) is 0 Å². The van der Waals surface area contributed by atoms with Crippen LogP contribution in [0, 0.1) is 0 Å². The number of hydrogen-bond acceptors (Lipinski definition) is 4. The summed E-state index contributed by atoms with van der Waals surface area (Å²) in [6, 6.07) is 0. The average molecular weight is 154 g/mol. The number of halogens is 1. The molecule has 7 heteroatoms. The zero-order valence-electron chi connectivity index (χ0n) is 3.49. The van der Waals surface area contributed by atoms with E-state index in [-0.39, 0.29) is 42.0 Å². The van der Waals surface area contributed by atoms with Gasteiger partial charge in [-0.05, 0) is 0 Å². The van der Waals surface area contributed by atoms with Gasteiger partial charge in [0.25, 0.3) is 0 Å². The first kappa shape index (κ1) is 15.8. The molecule has 0 saturated heterocycles. The molecule has 0 fully saturated rings. The van der Waals surface area contributed by atoms with Crippen molar-refractivity contribution in [3.05, 3.63) is 0 Å². The standard InChI is InChI=1S/ClH.Na.H3O4P/c;;1-5(2,3)4/h1H;;(H3,1,2,3,4)/q;+1;/p-3. The Morgan fingerprint density at radius 2 is 1.14 bits per heavy atom. The second kappa shape index (κ2) is 5.54. The van der Waals surface area contributed by atoms with Crippen LogP contribution in [0.4, 0.5) is 0 Å². The molecule has 0 aromatic heterocycles. The molecule has 0 unspecified atom stereocenters. The van der Waals surface area contributed by atoms with E-state index >= 15 is 0 Å². The van der Waals surface area contributed by atoms with E-state index in [2.05, 4.69) is 0 Å². The minimum Gasteiger partial charge on any atom is -0.822 e. The van der Waals surface area contributed by atoms with E-state index in [1.54, 1.807) is 0 Å². The molecule has 0 radical (unpaired) electrons. The topological polar surface area (TPSA) is 86.2 Å². The first-order valence-corrected chi connectivity index (χ1v) is 2.19. The first-order chi connectivity index (χ1) is 2.00. The molecule has 40 valence electrons. The van der Waals surface area contributed by atoms with Crippen molar-refractivity contribution in [1.29, 1.82) is 0 Å². The molecule has 0 N–H and O–H groups in total. The van der Waals surface area contributed by atoms with Gasteiger partial charge in [0, 0.05) is 0 Å². The van der Waals surface area contributed by atoms with Crippen molar-refractivity contribution >= 4 is 20.2 Å². The van der Waals surface area contributed by atoms with Crippen molar-refractivity contribution < 1.29 is 48.8 Å². The monoisotopic (exact) mass is 154 g/mol. The third-order valence-corrected chi connectivity index (χ3v) is 0. The maximum atomic E-state index is 8.55. The van der Waals surface area contributed by atoms with Gasteiger partial charge in [-0.25, -0.2) is 0 Å². The summed E-state index contributed by atoms with van der Waals surface area (Å²) < 4.78 is 8.55. The predicted molar refractivity (Wildman–Crippen MR) is 14.9 cm³/mol. The van der Waals surface area contributed by atoms with E-state index in [0.717, 1.165) is 0 Å². The summed E-state index contributed by atoms with van der Waals surface area (Å²) in [6.07, 6.45) is 0. The van der Waals surface area contributed by atoms with Gasteiger partial charge in [-0.3, -0.25) is 0 Å². The van der Waals surface area contributed by atoms with Crippen LogP contribution >= 0.6 is 20.2 Å². The molecule has 0 aromatic carbocycles. The van der Waals surface area contributed by atoms with Crippen molar-refractivity contribution in [3.63, 3.8) is 0 Å². The van der Waals surface area contributed by atoms with Crippen LogP contribution in [0.3, 0.4) is 0 Å². The SMILES string of the molecule is Cl.O=P([O-])([O-])[O-].[Na+]. The maximum Gasteiger partial charge on any atom is 1.00 e. The average Bonchev–Trinajstić information content (AvgIpc) is 0.722. The Labute approximate surface area is 68.9 Å². The molecule has 0 aliphatic heterocycles. The van der Waals surface area contributed by atoms with Crippen molar-refractivity contribution in [2.75, 3.05) is 0 Å². The smallest absolute Gasteiger partial charge is 0.822 e. The van der Waals surface area contributed by atoms with E-state index in [0.29, 0.717) is 0 Å². The van der Waals surface area contributed by atoms with Gasteiger partial charge in [-0.15, -0.1) is 12.4 Å². The molecule has 0 aromatic rings. The molecule has 0 aliphatic rings. The van der Waals surface area contributed by atoms with Gasteiger partial charge in [-0.2, -0.15) is 7.82 Å². The third-order valence-electron chi connectivity index (χ3n) is 0. The fourth-order valence-electron chi connectivity index (χ4n) is 0. The Hall–Kier alpha value is 1.40. The minimum atomic E-state index is -5.39. The Kier molecular flexibility index (Phi) is 12.5. The second-order valence-corrected chi connectivity index (χ2v) is 1.34. The second-order valence-electron chi connectivity index (χ2n) is 0.447. The summed E-state index contributed by atoms with van der Waals surface area (Å²) in [5.74, 6) is 0. The molecular weight excluding hydrogens is 153 g/mol. The third kappa shape index (κ3) is 110. The molecule has 7 heavy (non-hydrogen) atoms. The van der Waals surface area contributed by atoms with E-state index in [9.17, 15) is 0 Å². The van der Waals surface area contributed by atoms with Crippen LogP contribution in [-0.2, 0) is 4.57 Å². The van der Waals surface area contributed by atoms with Crippen LogP contribution < -0.4 is 44.2 Å². The van der Waals surface area contributed by atoms with E-state index in [1.807, 2.05) is 0 Å². The zero-order chi connectivity index (χ0) is 4.50. The van der Waals surface area contributed by atoms with E-state index in [1.165, 1.54) is 0 Å². The molecule has 0 atom stereocenters. The van der Waals surface area contributed by atoms with Crippen molar-refractivity contribution in [2.24, 2.45) is 0 Å². The van der Waals surface area contributed by atoms with Crippen LogP contribution in [0.2, 0.25) is 0 Å². The van der Waals surface area contributed by atoms with E-state index < -0.39 is 7.82 Å². The van der Waals surface area contributed by atoms with Crippen molar-refractivity contribution in [3.8, 4) is 0 Å². The summed E-state index contributed by atoms with van der Waals surface area (Å²) in [6.45, 7) is 0. The molecular formula is HClNaO4P-2. The van der Waals surface area contributed by atoms with Crippen molar-refractivity contribution in [2.45, 2.75) is 0 Å². The Morgan fingerprint density at radius 1 is 1.14 bits per heavy atom. The van der Waals surface area contributed by atoms with Crippen LogP contribution in [0.25, 0.3) is 0 Å². The zero-order valence-corrected chi connectivity index (χ0v) is 7.20. The summed E-state index contributed by atoms with van der Waals surface area (Å²) >= 11 is 0. The molecule has 0 aliphatic carbocycles. The van der Waals surface area contributed by atoms with Gasteiger partial charge in [0.05, 0.1) is 0 Å². The molecule has 4 nitrogen and oxygen atoms in total. The molecule has 0 saturated carbocycles. The van der Waals surface area contributed by atoms with Crippen LogP contribution in [-0.4, -0.2) is 0 Å². The Morgan fingerprint density at radius 3 is 1.14 bits per heavy atom.